The van der Waals surface area contributed by atoms with Crippen LogP contribution in [0.1, 0.15) is 11.1 Å². The number of aromatic amines is 1. The van der Waals surface area contributed by atoms with Crippen LogP contribution in [-0.2, 0) is 6.54 Å². The van der Waals surface area contributed by atoms with Crippen molar-refractivity contribution in [2.45, 2.75) is 6.54 Å². The molecule has 26 heavy (non-hydrogen) atoms. The maximum atomic E-state index is 13.0. The van der Waals surface area contributed by atoms with Gasteiger partial charge in [-0.05, 0) is 42.0 Å². The number of nitrogens with one attached hydrogen (secondary N) is 2. The van der Waals surface area contributed by atoms with Crippen LogP contribution in [0, 0.1) is 17.1 Å². The first kappa shape index (κ1) is 17.2. The van der Waals surface area contributed by atoms with Crippen LogP contribution in [0.15, 0.2) is 53.3 Å². The summed E-state index contributed by atoms with van der Waals surface area (Å²) in [5.74, 6) is 0.566. The van der Waals surface area contributed by atoms with Gasteiger partial charge in [-0.1, -0.05) is 12.1 Å². The Morgan fingerprint density at radius 3 is 2.50 bits per heavy atom. The van der Waals surface area contributed by atoms with Gasteiger partial charge in [0.05, 0.1) is 12.8 Å². The number of methoxy groups -OCH3 is 1. The first-order valence-corrected chi connectivity index (χ1v) is 7.78. The molecule has 130 valence electrons. The Morgan fingerprint density at radius 2 is 1.88 bits per heavy atom. The van der Waals surface area contributed by atoms with E-state index in [9.17, 15) is 14.4 Å². The van der Waals surface area contributed by atoms with E-state index in [4.69, 9.17) is 4.74 Å². The lowest BCUT2D eigenvalue weighted by molar-refractivity contribution is 0.415. The zero-order valence-electron chi connectivity index (χ0n) is 13.9. The first-order valence-electron chi connectivity index (χ1n) is 7.78. The van der Waals surface area contributed by atoms with Gasteiger partial charge in [-0.15, -0.1) is 0 Å². The summed E-state index contributed by atoms with van der Waals surface area (Å²) in [6, 6.07) is 14.8. The number of aromatic nitrogens is 2. The Morgan fingerprint density at radius 1 is 1.19 bits per heavy atom. The fraction of sp³-hybridized carbons (Fsp3) is 0.105. The standard InChI is InChI=1S/C19H15FN4O2/c1-26-15-8-4-13(5-9-15)17-16(10-21)18(25)24-19(23-17)22-11-12-2-6-14(20)7-3-12/h2-9H,11H2,1H3,(H2,22,23,24,25). The van der Waals surface area contributed by atoms with E-state index in [-0.39, 0.29) is 23.0 Å². The molecule has 2 aromatic carbocycles. The number of hydrogen-bond acceptors (Lipinski definition) is 5. The summed E-state index contributed by atoms with van der Waals surface area (Å²) in [4.78, 5) is 19.1. The number of nitrogens with zero attached hydrogens (tertiary/aromatic N) is 2. The summed E-state index contributed by atoms with van der Waals surface area (Å²) in [7, 11) is 1.55. The van der Waals surface area contributed by atoms with Gasteiger partial charge in [-0.3, -0.25) is 9.78 Å². The maximum Gasteiger partial charge on any atom is 0.270 e. The van der Waals surface area contributed by atoms with Crippen molar-refractivity contribution < 1.29 is 9.13 Å². The average molecular weight is 350 g/mol. The van der Waals surface area contributed by atoms with Gasteiger partial charge in [-0.25, -0.2) is 9.37 Å². The van der Waals surface area contributed by atoms with E-state index in [2.05, 4.69) is 15.3 Å². The van der Waals surface area contributed by atoms with E-state index in [0.29, 0.717) is 17.9 Å². The highest BCUT2D eigenvalue weighted by molar-refractivity contribution is 5.67. The van der Waals surface area contributed by atoms with Crippen LogP contribution in [0.25, 0.3) is 11.3 Å². The third-order valence-electron chi connectivity index (χ3n) is 3.77. The summed E-state index contributed by atoms with van der Waals surface area (Å²) >= 11 is 0. The summed E-state index contributed by atoms with van der Waals surface area (Å²) in [6.07, 6.45) is 0. The summed E-state index contributed by atoms with van der Waals surface area (Å²) in [5, 5.41) is 12.3. The molecule has 0 saturated carbocycles. The van der Waals surface area contributed by atoms with Gasteiger partial charge in [0.25, 0.3) is 5.56 Å². The summed E-state index contributed by atoms with van der Waals surface area (Å²) < 4.78 is 18.1. The van der Waals surface area contributed by atoms with Crippen LogP contribution in [0.3, 0.4) is 0 Å². The SMILES string of the molecule is COc1ccc(-c2nc(NCc3ccc(F)cc3)[nH]c(=O)c2C#N)cc1. The number of hydrogen-bond donors (Lipinski definition) is 2. The lowest BCUT2D eigenvalue weighted by atomic mass is 10.1. The Hall–Kier alpha value is -3.66. The second-order valence-corrected chi connectivity index (χ2v) is 5.46. The highest BCUT2D eigenvalue weighted by atomic mass is 19.1. The normalized spacial score (nSPS) is 10.2. The molecule has 0 saturated heterocycles. The smallest absolute Gasteiger partial charge is 0.270 e. The predicted molar refractivity (Wildman–Crippen MR) is 95.3 cm³/mol. The van der Waals surface area contributed by atoms with Crippen molar-refractivity contribution in [1.82, 2.24) is 9.97 Å². The molecule has 0 atom stereocenters. The van der Waals surface area contributed by atoms with E-state index < -0.39 is 5.56 Å². The molecule has 3 rings (SSSR count). The zero-order chi connectivity index (χ0) is 18.5. The molecule has 7 heteroatoms. The van der Waals surface area contributed by atoms with Crippen molar-refractivity contribution in [3.8, 4) is 23.1 Å². The number of H-pyrrole nitrogens is 1. The maximum absolute atomic E-state index is 13.0. The second-order valence-electron chi connectivity index (χ2n) is 5.46. The van der Waals surface area contributed by atoms with Crippen LogP contribution in [-0.4, -0.2) is 17.1 Å². The topological polar surface area (TPSA) is 90.8 Å². The highest BCUT2D eigenvalue weighted by Crippen LogP contribution is 2.23. The minimum Gasteiger partial charge on any atom is -0.497 e. The third kappa shape index (κ3) is 3.70. The lowest BCUT2D eigenvalue weighted by Gasteiger charge is -2.09. The Bertz CT molecular complexity index is 1010. The Kier molecular flexibility index (Phi) is 4.94. The van der Waals surface area contributed by atoms with Crippen molar-refractivity contribution in [3.05, 3.63) is 75.8 Å². The second kappa shape index (κ2) is 7.49. The molecule has 0 amide bonds. The molecule has 0 fully saturated rings. The van der Waals surface area contributed by atoms with E-state index in [1.54, 1.807) is 43.5 Å². The number of rotatable bonds is 5. The van der Waals surface area contributed by atoms with Crippen LogP contribution in [0.4, 0.5) is 10.3 Å². The number of nitriles is 1. The van der Waals surface area contributed by atoms with Gasteiger partial charge in [-0.2, -0.15) is 5.26 Å². The lowest BCUT2D eigenvalue weighted by Crippen LogP contribution is -2.17. The molecule has 6 nitrogen and oxygen atoms in total. The molecule has 0 unspecified atom stereocenters. The van der Waals surface area contributed by atoms with Crippen molar-refractivity contribution >= 4 is 5.95 Å². The van der Waals surface area contributed by atoms with Crippen molar-refractivity contribution in [2.75, 3.05) is 12.4 Å². The highest BCUT2D eigenvalue weighted by Gasteiger charge is 2.13. The number of benzene rings is 2. The summed E-state index contributed by atoms with van der Waals surface area (Å²) in [5.41, 5.74) is 1.13. The molecule has 0 aliphatic rings. The molecule has 1 heterocycles. The Balaban J connectivity index is 1.92. The summed E-state index contributed by atoms with van der Waals surface area (Å²) in [6.45, 7) is 0.344. The quantitative estimate of drug-likeness (QED) is 0.738. The fourth-order valence-electron chi connectivity index (χ4n) is 2.41. The van der Waals surface area contributed by atoms with Gasteiger partial charge < -0.3 is 10.1 Å². The molecule has 3 aromatic rings. The van der Waals surface area contributed by atoms with Gasteiger partial charge in [0.15, 0.2) is 0 Å². The van der Waals surface area contributed by atoms with Crippen molar-refractivity contribution in [1.29, 1.82) is 5.26 Å². The van der Waals surface area contributed by atoms with E-state index in [1.807, 2.05) is 6.07 Å². The van der Waals surface area contributed by atoms with Gasteiger partial charge in [0.1, 0.15) is 23.2 Å². The first-order chi connectivity index (χ1) is 12.6. The van der Waals surface area contributed by atoms with Crippen LogP contribution >= 0.6 is 0 Å². The molecule has 0 radical (unpaired) electrons. The molecule has 0 spiro atoms. The Labute approximate surface area is 148 Å². The monoisotopic (exact) mass is 350 g/mol. The molecule has 0 bridgehead atoms. The molecular weight excluding hydrogens is 335 g/mol. The molecule has 0 aliphatic carbocycles. The van der Waals surface area contributed by atoms with Crippen molar-refractivity contribution in [2.24, 2.45) is 0 Å². The fourth-order valence-corrected chi connectivity index (χ4v) is 2.41. The molecule has 0 aliphatic heterocycles. The van der Waals surface area contributed by atoms with E-state index in [0.717, 1.165) is 5.56 Å². The van der Waals surface area contributed by atoms with Crippen molar-refractivity contribution in [3.63, 3.8) is 0 Å². The van der Waals surface area contributed by atoms with Crippen LogP contribution in [0.2, 0.25) is 0 Å². The number of anilines is 1. The predicted octanol–water partition coefficient (Wildman–Crippen LogP) is 3.07. The van der Waals surface area contributed by atoms with Gasteiger partial charge >= 0.3 is 0 Å². The molecule has 1 aromatic heterocycles. The number of halogens is 1. The third-order valence-corrected chi connectivity index (χ3v) is 3.77. The minimum atomic E-state index is -0.532. The van der Waals surface area contributed by atoms with Crippen LogP contribution < -0.4 is 15.6 Å². The number of ether oxygens (including phenoxy) is 1. The van der Waals surface area contributed by atoms with Crippen LogP contribution in [0.5, 0.6) is 5.75 Å². The largest absolute Gasteiger partial charge is 0.497 e. The zero-order valence-corrected chi connectivity index (χ0v) is 13.9. The average Bonchev–Trinajstić information content (AvgIpc) is 2.67. The van der Waals surface area contributed by atoms with E-state index in [1.165, 1.54) is 12.1 Å². The molecular formula is C19H15FN4O2. The minimum absolute atomic E-state index is 0.0671. The van der Waals surface area contributed by atoms with Gasteiger partial charge in [0, 0.05) is 12.1 Å². The van der Waals surface area contributed by atoms with E-state index >= 15 is 0 Å². The molecule has 2 N–H and O–H groups in total. The van der Waals surface area contributed by atoms with Gasteiger partial charge in [0.2, 0.25) is 5.95 Å².